The number of nitrogens with one attached hydrogen (secondary N) is 1. The van der Waals surface area contributed by atoms with E-state index in [2.05, 4.69) is 0 Å². The average molecular weight is 133 g/mol. The van der Waals surface area contributed by atoms with Crippen LogP contribution in [-0.2, 0) is 0 Å². The maximum Gasteiger partial charge on any atom is 0.0576 e. The second-order valence-electron chi connectivity index (χ2n) is 2.51. The Morgan fingerprint density at radius 2 is 2.00 bits per heavy atom. The van der Waals surface area contributed by atoms with Crippen molar-refractivity contribution in [2.45, 2.75) is 26.4 Å². The highest BCUT2D eigenvalue weighted by molar-refractivity contribution is 4.59. The molecule has 0 rings (SSSR count). The molecule has 56 valence electrons. The van der Waals surface area contributed by atoms with E-state index in [1.54, 1.807) is 0 Å². The van der Waals surface area contributed by atoms with Crippen molar-refractivity contribution in [2.24, 2.45) is 5.92 Å². The molecule has 0 aliphatic carbocycles. The Bertz CT molecular complexity index is 66.1. The summed E-state index contributed by atoms with van der Waals surface area (Å²) in [5.74, 6) is 0.276. The van der Waals surface area contributed by atoms with Crippen LogP contribution in [0.2, 0.25) is 0 Å². The Labute approximate surface area is 55.7 Å². The van der Waals surface area contributed by atoms with E-state index in [0.29, 0.717) is 13.0 Å². The van der Waals surface area contributed by atoms with Crippen molar-refractivity contribution in [3.8, 4) is 0 Å². The molecule has 0 aromatic heterocycles. The molecule has 0 saturated heterocycles. The molecule has 0 spiro atoms. The molecule has 0 aromatic rings. The van der Waals surface area contributed by atoms with Gasteiger partial charge < -0.3 is 10.3 Å². The van der Waals surface area contributed by atoms with Gasteiger partial charge in [0.05, 0.1) is 6.10 Å². The first kappa shape index (κ1) is 8.88. The fourth-order valence-corrected chi connectivity index (χ4v) is 0.546. The zero-order valence-corrected chi connectivity index (χ0v) is 5.96. The van der Waals surface area contributed by atoms with Crippen molar-refractivity contribution in [3.63, 3.8) is 0 Å². The SMILES string of the molecule is CC(C)C(O)CCNO. The van der Waals surface area contributed by atoms with Crippen LogP contribution in [0.3, 0.4) is 0 Å². The highest BCUT2D eigenvalue weighted by atomic mass is 16.5. The van der Waals surface area contributed by atoms with Crippen LogP contribution in [0, 0.1) is 5.92 Å². The molecule has 3 N–H and O–H groups in total. The molecule has 3 heteroatoms. The topological polar surface area (TPSA) is 52.5 Å². The summed E-state index contributed by atoms with van der Waals surface area (Å²) in [6, 6.07) is 0. The third-order valence-corrected chi connectivity index (χ3v) is 1.32. The fraction of sp³-hybridized carbons (Fsp3) is 1.00. The molecule has 0 bridgehead atoms. The Kier molecular flexibility index (Phi) is 4.67. The molecule has 9 heavy (non-hydrogen) atoms. The average Bonchev–Trinajstić information content (AvgIpc) is 1.82. The number of aliphatic hydroxyl groups is 1. The molecule has 0 radical (unpaired) electrons. The molecule has 0 aliphatic rings. The van der Waals surface area contributed by atoms with Crippen LogP contribution in [0.15, 0.2) is 0 Å². The van der Waals surface area contributed by atoms with Gasteiger partial charge in [0.1, 0.15) is 0 Å². The summed E-state index contributed by atoms with van der Waals surface area (Å²) in [6.07, 6.45) is 0.304. The Hall–Kier alpha value is -0.120. The smallest absolute Gasteiger partial charge is 0.0576 e. The lowest BCUT2D eigenvalue weighted by atomic mass is 10.1. The zero-order valence-electron chi connectivity index (χ0n) is 5.96. The second-order valence-corrected chi connectivity index (χ2v) is 2.51. The van der Waals surface area contributed by atoms with E-state index < -0.39 is 0 Å². The maximum atomic E-state index is 9.11. The van der Waals surface area contributed by atoms with Gasteiger partial charge in [-0.15, -0.1) is 0 Å². The largest absolute Gasteiger partial charge is 0.393 e. The first-order valence-corrected chi connectivity index (χ1v) is 3.23. The molecule has 0 heterocycles. The van der Waals surface area contributed by atoms with E-state index in [1.807, 2.05) is 19.3 Å². The van der Waals surface area contributed by atoms with Gasteiger partial charge in [-0.1, -0.05) is 13.8 Å². The van der Waals surface area contributed by atoms with E-state index in [1.165, 1.54) is 0 Å². The van der Waals surface area contributed by atoms with Crippen molar-refractivity contribution in [2.75, 3.05) is 6.54 Å². The summed E-state index contributed by atoms with van der Waals surface area (Å²) < 4.78 is 0. The molecule has 0 amide bonds. The molecular formula is C6H15NO2. The number of aliphatic hydroxyl groups excluding tert-OH is 1. The minimum Gasteiger partial charge on any atom is -0.393 e. The maximum absolute atomic E-state index is 9.11. The second kappa shape index (κ2) is 4.73. The van der Waals surface area contributed by atoms with E-state index in [-0.39, 0.29) is 12.0 Å². The summed E-state index contributed by atoms with van der Waals surface area (Å²) in [7, 11) is 0. The third-order valence-electron chi connectivity index (χ3n) is 1.32. The highest BCUT2D eigenvalue weighted by Gasteiger charge is 2.06. The van der Waals surface area contributed by atoms with Crippen molar-refractivity contribution in [3.05, 3.63) is 0 Å². The predicted molar refractivity (Wildman–Crippen MR) is 35.3 cm³/mol. The van der Waals surface area contributed by atoms with E-state index in [0.717, 1.165) is 0 Å². The molecule has 3 nitrogen and oxygen atoms in total. The molecule has 0 aliphatic heterocycles. The van der Waals surface area contributed by atoms with Crippen LogP contribution in [-0.4, -0.2) is 23.0 Å². The third kappa shape index (κ3) is 4.39. The number of hydrogen-bond acceptors (Lipinski definition) is 3. The van der Waals surface area contributed by atoms with Gasteiger partial charge in [-0.3, -0.25) is 0 Å². The van der Waals surface area contributed by atoms with Crippen LogP contribution < -0.4 is 5.48 Å². The van der Waals surface area contributed by atoms with Crippen molar-refractivity contribution in [1.82, 2.24) is 5.48 Å². The molecule has 0 fully saturated rings. The van der Waals surface area contributed by atoms with Crippen LogP contribution >= 0.6 is 0 Å². The summed E-state index contributed by atoms with van der Waals surface area (Å²) >= 11 is 0. The molecule has 0 saturated carbocycles. The lowest BCUT2D eigenvalue weighted by molar-refractivity contribution is 0.0913. The highest BCUT2D eigenvalue weighted by Crippen LogP contribution is 2.03. The van der Waals surface area contributed by atoms with Crippen LogP contribution in [0.25, 0.3) is 0 Å². The number of rotatable bonds is 4. The molecular weight excluding hydrogens is 118 g/mol. The van der Waals surface area contributed by atoms with Gasteiger partial charge in [0.2, 0.25) is 0 Å². The first-order chi connectivity index (χ1) is 4.18. The van der Waals surface area contributed by atoms with E-state index in [4.69, 9.17) is 10.3 Å². The van der Waals surface area contributed by atoms with Gasteiger partial charge in [-0.25, -0.2) is 5.48 Å². The molecule has 1 unspecified atom stereocenters. The summed E-state index contributed by atoms with van der Waals surface area (Å²) in [5, 5.41) is 17.2. The number of hydrogen-bond donors (Lipinski definition) is 3. The van der Waals surface area contributed by atoms with E-state index >= 15 is 0 Å². The lowest BCUT2D eigenvalue weighted by Crippen LogP contribution is -2.21. The first-order valence-electron chi connectivity index (χ1n) is 3.23. The van der Waals surface area contributed by atoms with Crippen molar-refractivity contribution in [1.29, 1.82) is 0 Å². The van der Waals surface area contributed by atoms with Gasteiger partial charge >= 0.3 is 0 Å². The Morgan fingerprint density at radius 3 is 2.33 bits per heavy atom. The minimum atomic E-state index is -0.301. The number of hydroxylamine groups is 1. The van der Waals surface area contributed by atoms with Gasteiger partial charge in [0, 0.05) is 6.54 Å². The van der Waals surface area contributed by atoms with Crippen molar-refractivity contribution < 1.29 is 10.3 Å². The quantitative estimate of drug-likeness (QED) is 0.486. The predicted octanol–water partition coefficient (Wildman–Crippen LogP) is 0.372. The van der Waals surface area contributed by atoms with Gasteiger partial charge in [0.25, 0.3) is 0 Å². The standard InChI is InChI=1S/C6H15NO2/c1-5(2)6(8)3-4-7-9/h5-9H,3-4H2,1-2H3. The molecule has 0 aromatic carbocycles. The van der Waals surface area contributed by atoms with Gasteiger partial charge in [-0.05, 0) is 12.3 Å². The summed E-state index contributed by atoms with van der Waals surface area (Å²) in [6.45, 7) is 4.35. The van der Waals surface area contributed by atoms with Crippen molar-refractivity contribution >= 4 is 0 Å². The fourth-order valence-electron chi connectivity index (χ4n) is 0.546. The Morgan fingerprint density at radius 1 is 1.44 bits per heavy atom. The monoisotopic (exact) mass is 133 g/mol. The summed E-state index contributed by atoms with van der Waals surface area (Å²) in [5.41, 5.74) is 1.99. The van der Waals surface area contributed by atoms with Gasteiger partial charge in [0.15, 0.2) is 0 Å². The minimum absolute atomic E-state index is 0.276. The normalized spacial score (nSPS) is 14.3. The van der Waals surface area contributed by atoms with Crippen LogP contribution in [0.1, 0.15) is 20.3 Å². The zero-order chi connectivity index (χ0) is 7.28. The van der Waals surface area contributed by atoms with Crippen LogP contribution in [0.4, 0.5) is 0 Å². The summed E-state index contributed by atoms with van der Waals surface area (Å²) in [4.78, 5) is 0. The van der Waals surface area contributed by atoms with E-state index in [9.17, 15) is 0 Å². The van der Waals surface area contributed by atoms with Crippen LogP contribution in [0.5, 0.6) is 0 Å². The van der Waals surface area contributed by atoms with Gasteiger partial charge in [-0.2, -0.15) is 0 Å². The Balaban J connectivity index is 3.16. The molecule has 1 atom stereocenters. The lowest BCUT2D eigenvalue weighted by Gasteiger charge is -2.12.